The van der Waals surface area contributed by atoms with Crippen LogP contribution in [0.15, 0.2) is 30.3 Å². The maximum absolute atomic E-state index is 5.56. The molecule has 1 aromatic carbocycles. The van der Waals surface area contributed by atoms with Crippen LogP contribution in [0.1, 0.15) is 6.92 Å². The first-order valence-electron chi connectivity index (χ1n) is 8.80. The standard InChI is InChI=1S/C18H23N5O2/c1-14-13-25-12-9-23(14)18-20-16(15-5-3-2-4-6-15)19-17(21-18)22-7-10-24-11-8-22/h2-6,14H,7-13H2,1H3/t14-/m0/s1. The largest absolute Gasteiger partial charge is 0.378 e. The van der Waals surface area contributed by atoms with Crippen molar-refractivity contribution in [1.82, 2.24) is 15.0 Å². The molecule has 0 aliphatic carbocycles. The number of hydrogen-bond acceptors (Lipinski definition) is 7. The van der Waals surface area contributed by atoms with Gasteiger partial charge >= 0.3 is 0 Å². The highest BCUT2D eigenvalue weighted by Gasteiger charge is 2.24. The first kappa shape index (κ1) is 16.2. The summed E-state index contributed by atoms with van der Waals surface area (Å²) in [7, 11) is 0. The number of nitrogens with zero attached hydrogens (tertiary/aromatic N) is 5. The third-order valence-electron chi connectivity index (χ3n) is 4.56. The predicted molar refractivity (Wildman–Crippen MR) is 95.9 cm³/mol. The molecule has 2 aliphatic heterocycles. The lowest BCUT2D eigenvalue weighted by molar-refractivity contribution is 0.0980. The molecule has 1 atom stereocenters. The molecule has 7 heteroatoms. The van der Waals surface area contributed by atoms with Crippen LogP contribution in [0, 0.1) is 0 Å². The molecule has 1 aromatic heterocycles. The molecule has 0 bridgehead atoms. The second-order valence-electron chi connectivity index (χ2n) is 6.34. The monoisotopic (exact) mass is 341 g/mol. The summed E-state index contributed by atoms with van der Waals surface area (Å²) in [6.07, 6.45) is 0. The highest BCUT2D eigenvalue weighted by Crippen LogP contribution is 2.23. The number of hydrogen-bond donors (Lipinski definition) is 0. The van der Waals surface area contributed by atoms with Gasteiger partial charge in [-0.2, -0.15) is 15.0 Å². The average molecular weight is 341 g/mol. The van der Waals surface area contributed by atoms with E-state index >= 15 is 0 Å². The van der Waals surface area contributed by atoms with E-state index in [1.807, 2.05) is 30.3 Å². The lowest BCUT2D eigenvalue weighted by atomic mass is 10.2. The van der Waals surface area contributed by atoms with Gasteiger partial charge in [0.1, 0.15) is 0 Å². The number of anilines is 2. The summed E-state index contributed by atoms with van der Waals surface area (Å²) in [4.78, 5) is 18.7. The van der Waals surface area contributed by atoms with Crippen LogP contribution in [0.5, 0.6) is 0 Å². The molecule has 0 spiro atoms. The van der Waals surface area contributed by atoms with Crippen molar-refractivity contribution in [3.8, 4) is 11.4 Å². The number of aromatic nitrogens is 3. The van der Waals surface area contributed by atoms with Gasteiger partial charge in [0.2, 0.25) is 11.9 Å². The van der Waals surface area contributed by atoms with Crippen LogP contribution in [0.3, 0.4) is 0 Å². The van der Waals surface area contributed by atoms with Crippen molar-refractivity contribution in [2.45, 2.75) is 13.0 Å². The lowest BCUT2D eigenvalue weighted by Crippen LogP contribution is -2.45. The summed E-state index contributed by atoms with van der Waals surface area (Å²) in [5.74, 6) is 2.17. The number of benzene rings is 1. The van der Waals surface area contributed by atoms with Crippen molar-refractivity contribution in [2.24, 2.45) is 0 Å². The smallest absolute Gasteiger partial charge is 0.231 e. The van der Waals surface area contributed by atoms with Crippen molar-refractivity contribution < 1.29 is 9.47 Å². The van der Waals surface area contributed by atoms with Crippen LogP contribution < -0.4 is 9.80 Å². The van der Waals surface area contributed by atoms with Gasteiger partial charge in [-0.3, -0.25) is 0 Å². The fraction of sp³-hybridized carbons (Fsp3) is 0.500. The molecular formula is C18H23N5O2. The SMILES string of the molecule is C[C@H]1COCCN1c1nc(-c2ccccc2)nc(N2CCOCC2)n1. The minimum Gasteiger partial charge on any atom is -0.378 e. The van der Waals surface area contributed by atoms with Crippen LogP contribution in [0.2, 0.25) is 0 Å². The Morgan fingerprint density at radius 1 is 0.880 bits per heavy atom. The van der Waals surface area contributed by atoms with Gasteiger partial charge in [-0.15, -0.1) is 0 Å². The van der Waals surface area contributed by atoms with Crippen LogP contribution in [-0.2, 0) is 9.47 Å². The summed E-state index contributed by atoms with van der Waals surface area (Å²) in [5.41, 5.74) is 1.00. The van der Waals surface area contributed by atoms with Gasteiger partial charge in [0.05, 0.1) is 32.5 Å². The number of ether oxygens (including phenoxy) is 2. The second kappa shape index (κ2) is 7.33. The molecule has 2 aromatic rings. The van der Waals surface area contributed by atoms with Crippen LogP contribution >= 0.6 is 0 Å². The molecule has 0 unspecified atom stereocenters. The van der Waals surface area contributed by atoms with Crippen molar-refractivity contribution >= 4 is 11.9 Å². The van der Waals surface area contributed by atoms with Crippen LogP contribution in [-0.4, -0.2) is 67.1 Å². The molecule has 25 heavy (non-hydrogen) atoms. The molecule has 0 radical (unpaired) electrons. The quantitative estimate of drug-likeness (QED) is 0.840. The zero-order chi connectivity index (χ0) is 17.1. The average Bonchev–Trinajstić information content (AvgIpc) is 2.69. The second-order valence-corrected chi connectivity index (χ2v) is 6.34. The predicted octanol–water partition coefficient (Wildman–Crippen LogP) is 1.60. The third-order valence-corrected chi connectivity index (χ3v) is 4.56. The summed E-state index contributed by atoms with van der Waals surface area (Å²) in [6.45, 7) is 7.34. The minimum absolute atomic E-state index is 0.248. The van der Waals surface area contributed by atoms with E-state index in [1.54, 1.807) is 0 Å². The maximum atomic E-state index is 5.56. The first-order chi connectivity index (χ1) is 12.3. The molecule has 7 nitrogen and oxygen atoms in total. The molecule has 0 N–H and O–H groups in total. The van der Waals surface area contributed by atoms with Crippen LogP contribution in [0.4, 0.5) is 11.9 Å². The first-order valence-corrected chi connectivity index (χ1v) is 8.80. The molecule has 0 saturated carbocycles. The molecule has 2 fully saturated rings. The Kier molecular flexibility index (Phi) is 4.76. The highest BCUT2D eigenvalue weighted by molar-refractivity contribution is 5.58. The van der Waals surface area contributed by atoms with Gasteiger partial charge in [-0.05, 0) is 6.92 Å². The summed E-state index contributed by atoms with van der Waals surface area (Å²) in [5, 5.41) is 0. The van der Waals surface area contributed by atoms with Crippen molar-refractivity contribution in [3.63, 3.8) is 0 Å². The molecule has 132 valence electrons. The van der Waals surface area contributed by atoms with E-state index in [1.165, 1.54) is 0 Å². The topological polar surface area (TPSA) is 63.6 Å². The van der Waals surface area contributed by atoms with Gasteiger partial charge in [0.25, 0.3) is 0 Å². The fourth-order valence-corrected chi connectivity index (χ4v) is 3.13. The molecule has 0 amide bonds. The molecule has 2 aliphatic rings. The Morgan fingerprint density at radius 2 is 1.60 bits per heavy atom. The van der Waals surface area contributed by atoms with E-state index in [-0.39, 0.29) is 6.04 Å². The number of rotatable bonds is 3. The van der Waals surface area contributed by atoms with E-state index in [0.29, 0.717) is 32.3 Å². The summed E-state index contributed by atoms with van der Waals surface area (Å²) < 4.78 is 11.0. The van der Waals surface area contributed by atoms with Gasteiger partial charge in [0.15, 0.2) is 5.82 Å². The number of morpholine rings is 2. The molecule has 4 rings (SSSR count). The molecule has 2 saturated heterocycles. The Balaban J connectivity index is 1.74. The van der Waals surface area contributed by atoms with Crippen molar-refractivity contribution in [2.75, 3.05) is 55.9 Å². The van der Waals surface area contributed by atoms with Crippen molar-refractivity contribution in [1.29, 1.82) is 0 Å². The summed E-state index contributed by atoms with van der Waals surface area (Å²) >= 11 is 0. The Labute approximate surface area is 147 Å². The molecular weight excluding hydrogens is 318 g/mol. The van der Waals surface area contributed by atoms with Crippen molar-refractivity contribution in [3.05, 3.63) is 30.3 Å². The molecule has 3 heterocycles. The van der Waals surface area contributed by atoms with Gasteiger partial charge in [-0.1, -0.05) is 30.3 Å². The van der Waals surface area contributed by atoms with E-state index in [0.717, 1.165) is 37.1 Å². The minimum atomic E-state index is 0.248. The van der Waals surface area contributed by atoms with Crippen LogP contribution in [0.25, 0.3) is 11.4 Å². The van der Waals surface area contributed by atoms with E-state index in [4.69, 9.17) is 24.4 Å². The lowest BCUT2D eigenvalue weighted by Gasteiger charge is -2.34. The van der Waals surface area contributed by atoms with E-state index in [9.17, 15) is 0 Å². The van der Waals surface area contributed by atoms with Gasteiger partial charge in [0, 0.05) is 25.2 Å². The zero-order valence-electron chi connectivity index (χ0n) is 14.5. The Hall–Kier alpha value is -2.25. The van der Waals surface area contributed by atoms with E-state index < -0.39 is 0 Å². The van der Waals surface area contributed by atoms with E-state index in [2.05, 4.69) is 16.7 Å². The normalized spacial score (nSPS) is 21.4. The third kappa shape index (κ3) is 3.57. The fourth-order valence-electron chi connectivity index (χ4n) is 3.13. The highest BCUT2D eigenvalue weighted by atomic mass is 16.5. The van der Waals surface area contributed by atoms with Gasteiger partial charge < -0.3 is 19.3 Å². The maximum Gasteiger partial charge on any atom is 0.231 e. The zero-order valence-corrected chi connectivity index (χ0v) is 14.5. The Bertz CT molecular complexity index is 706. The van der Waals surface area contributed by atoms with Gasteiger partial charge in [-0.25, -0.2) is 0 Å². The summed E-state index contributed by atoms with van der Waals surface area (Å²) in [6, 6.07) is 10.3. The Morgan fingerprint density at radius 3 is 2.36 bits per heavy atom.